The second-order valence-corrected chi connectivity index (χ2v) is 3.60. The van der Waals surface area contributed by atoms with Gasteiger partial charge in [-0.2, -0.15) is 0 Å². The molecule has 0 amide bonds. The number of unbranched alkanes of at least 4 members (excludes halogenated alkanes) is 1. The van der Waals surface area contributed by atoms with Crippen LogP contribution < -0.4 is 0 Å². The Hall–Kier alpha value is -1.25. The van der Waals surface area contributed by atoms with Gasteiger partial charge in [0.15, 0.2) is 17.3 Å². The molecule has 0 fully saturated rings. The van der Waals surface area contributed by atoms with Gasteiger partial charge in [-0.3, -0.25) is 14.4 Å². The van der Waals surface area contributed by atoms with Crippen molar-refractivity contribution in [3.63, 3.8) is 0 Å². The Balaban J connectivity index is 2.67. The van der Waals surface area contributed by atoms with E-state index >= 15 is 0 Å². The van der Waals surface area contributed by atoms with Crippen LogP contribution in [0.5, 0.6) is 0 Å². The number of carbonyl (C=O) groups is 3. The molecule has 0 aromatic rings. The van der Waals surface area contributed by atoms with E-state index < -0.39 is 5.92 Å². The van der Waals surface area contributed by atoms with Crippen molar-refractivity contribution in [1.82, 2.24) is 0 Å². The van der Waals surface area contributed by atoms with Crippen molar-refractivity contribution in [3.8, 4) is 0 Å². The van der Waals surface area contributed by atoms with E-state index in [0.717, 1.165) is 12.8 Å². The van der Waals surface area contributed by atoms with E-state index in [9.17, 15) is 14.4 Å². The van der Waals surface area contributed by atoms with Crippen LogP contribution in [-0.2, 0) is 14.4 Å². The predicted molar refractivity (Wildman–Crippen MR) is 51.8 cm³/mol. The monoisotopic (exact) mass is 194 g/mol. The van der Waals surface area contributed by atoms with Crippen molar-refractivity contribution >= 4 is 17.3 Å². The van der Waals surface area contributed by atoms with Gasteiger partial charge in [-0.25, -0.2) is 0 Å². The van der Waals surface area contributed by atoms with Gasteiger partial charge in [0.1, 0.15) is 5.92 Å². The molecule has 1 unspecified atom stereocenters. The van der Waals surface area contributed by atoms with Crippen LogP contribution in [-0.4, -0.2) is 17.3 Å². The number of hydrogen-bond acceptors (Lipinski definition) is 3. The summed E-state index contributed by atoms with van der Waals surface area (Å²) >= 11 is 0. The third-order valence-corrected chi connectivity index (χ3v) is 2.39. The summed E-state index contributed by atoms with van der Waals surface area (Å²) in [6.45, 7) is 3.54. The highest BCUT2D eigenvalue weighted by atomic mass is 16.2. The van der Waals surface area contributed by atoms with Gasteiger partial charge < -0.3 is 0 Å². The molecule has 76 valence electrons. The molecule has 1 aliphatic carbocycles. The van der Waals surface area contributed by atoms with Crippen LogP contribution in [0, 0.1) is 5.92 Å². The lowest BCUT2D eigenvalue weighted by molar-refractivity contribution is -0.135. The third kappa shape index (κ3) is 1.97. The predicted octanol–water partition coefficient (Wildman–Crippen LogP) is 1.46. The lowest BCUT2D eigenvalue weighted by Gasteiger charge is -2.05. The molecule has 0 spiro atoms. The molecule has 0 aromatic carbocycles. The Bertz CT molecular complexity index is 312. The van der Waals surface area contributed by atoms with Gasteiger partial charge in [0.05, 0.1) is 0 Å². The molecule has 3 nitrogen and oxygen atoms in total. The molecule has 0 heterocycles. The maximum absolute atomic E-state index is 11.5. The first kappa shape index (κ1) is 10.8. The minimum absolute atomic E-state index is 0.227. The van der Waals surface area contributed by atoms with Gasteiger partial charge in [-0.05, 0) is 25.0 Å². The minimum atomic E-state index is -1.01. The lowest BCUT2D eigenvalue weighted by atomic mass is 9.94. The molecule has 0 aromatic heterocycles. The second kappa shape index (κ2) is 4.31. The van der Waals surface area contributed by atoms with Gasteiger partial charge in [0, 0.05) is 6.42 Å². The lowest BCUT2D eigenvalue weighted by Crippen LogP contribution is -2.26. The van der Waals surface area contributed by atoms with Gasteiger partial charge in [0.25, 0.3) is 0 Å². The van der Waals surface area contributed by atoms with Crippen molar-refractivity contribution < 1.29 is 14.4 Å². The maximum Gasteiger partial charge on any atom is 0.176 e. The van der Waals surface area contributed by atoms with Crippen molar-refractivity contribution in [2.75, 3.05) is 0 Å². The second-order valence-electron chi connectivity index (χ2n) is 3.60. The SMILES string of the molecule is CCCCC(=O)C1C(=O)C=C(C)C1=O. The molecule has 0 radical (unpaired) electrons. The molecule has 3 heteroatoms. The normalized spacial score (nSPS) is 21.3. The highest BCUT2D eigenvalue weighted by Gasteiger charge is 2.37. The van der Waals surface area contributed by atoms with E-state index in [1.54, 1.807) is 6.92 Å². The summed E-state index contributed by atoms with van der Waals surface area (Å²) < 4.78 is 0. The van der Waals surface area contributed by atoms with Crippen LogP contribution in [0.15, 0.2) is 11.6 Å². The number of Topliss-reactive ketones (excluding diaryl/α,β-unsaturated/α-hetero) is 2. The highest BCUT2D eigenvalue weighted by Crippen LogP contribution is 2.20. The molecular formula is C11H14O3. The number of allylic oxidation sites excluding steroid dienone is 2. The zero-order valence-electron chi connectivity index (χ0n) is 8.50. The summed E-state index contributed by atoms with van der Waals surface area (Å²) in [6, 6.07) is 0. The Labute approximate surface area is 83.2 Å². The fourth-order valence-corrected chi connectivity index (χ4v) is 1.52. The molecule has 1 aliphatic rings. The van der Waals surface area contributed by atoms with Gasteiger partial charge in [0.2, 0.25) is 0 Å². The van der Waals surface area contributed by atoms with Gasteiger partial charge in [-0.15, -0.1) is 0 Å². The first-order valence-electron chi connectivity index (χ1n) is 4.87. The molecular weight excluding hydrogens is 180 g/mol. The van der Waals surface area contributed by atoms with E-state index in [0.29, 0.717) is 12.0 Å². The van der Waals surface area contributed by atoms with Crippen molar-refractivity contribution in [3.05, 3.63) is 11.6 Å². The van der Waals surface area contributed by atoms with E-state index in [2.05, 4.69) is 0 Å². The van der Waals surface area contributed by atoms with Gasteiger partial charge in [-0.1, -0.05) is 13.3 Å². The number of carbonyl (C=O) groups excluding carboxylic acids is 3. The number of ketones is 3. The standard InChI is InChI=1S/C11H14O3/c1-3-4-5-8(12)10-9(13)6-7(2)11(10)14/h6,10H,3-5H2,1-2H3. The topological polar surface area (TPSA) is 51.2 Å². The van der Waals surface area contributed by atoms with E-state index in [1.165, 1.54) is 6.08 Å². The van der Waals surface area contributed by atoms with Crippen LogP contribution in [0.3, 0.4) is 0 Å². The minimum Gasteiger partial charge on any atom is -0.298 e. The summed E-state index contributed by atoms with van der Waals surface area (Å²) in [7, 11) is 0. The van der Waals surface area contributed by atoms with Gasteiger partial charge >= 0.3 is 0 Å². The Morgan fingerprint density at radius 1 is 1.43 bits per heavy atom. The van der Waals surface area contributed by atoms with E-state index in [-0.39, 0.29) is 17.3 Å². The quantitative estimate of drug-likeness (QED) is 0.636. The summed E-state index contributed by atoms with van der Waals surface area (Å²) in [4.78, 5) is 34.2. The van der Waals surface area contributed by atoms with Crippen LogP contribution >= 0.6 is 0 Å². The molecule has 14 heavy (non-hydrogen) atoms. The fourth-order valence-electron chi connectivity index (χ4n) is 1.52. The summed E-state index contributed by atoms with van der Waals surface area (Å²) in [6.07, 6.45) is 3.25. The van der Waals surface area contributed by atoms with Crippen molar-refractivity contribution in [2.24, 2.45) is 5.92 Å². The summed E-state index contributed by atoms with van der Waals surface area (Å²) in [5.74, 6) is -1.89. The van der Waals surface area contributed by atoms with Crippen LogP contribution in [0.4, 0.5) is 0 Å². The molecule has 0 saturated carbocycles. The largest absolute Gasteiger partial charge is 0.298 e. The fraction of sp³-hybridized carbons (Fsp3) is 0.545. The van der Waals surface area contributed by atoms with Crippen LogP contribution in [0.1, 0.15) is 33.1 Å². The Morgan fingerprint density at radius 2 is 2.07 bits per heavy atom. The highest BCUT2D eigenvalue weighted by molar-refractivity contribution is 6.31. The first-order valence-corrected chi connectivity index (χ1v) is 4.87. The third-order valence-electron chi connectivity index (χ3n) is 2.39. The number of rotatable bonds is 4. The Morgan fingerprint density at radius 3 is 2.50 bits per heavy atom. The number of hydrogen-bond donors (Lipinski definition) is 0. The summed E-state index contributed by atoms with van der Waals surface area (Å²) in [5.41, 5.74) is 0.407. The van der Waals surface area contributed by atoms with Crippen molar-refractivity contribution in [1.29, 1.82) is 0 Å². The molecule has 1 atom stereocenters. The smallest absolute Gasteiger partial charge is 0.176 e. The zero-order chi connectivity index (χ0) is 10.7. The maximum atomic E-state index is 11.5. The Kier molecular flexibility index (Phi) is 3.33. The average molecular weight is 194 g/mol. The summed E-state index contributed by atoms with van der Waals surface area (Å²) in [5, 5.41) is 0. The molecule has 0 aliphatic heterocycles. The average Bonchev–Trinajstić information content (AvgIpc) is 2.38. The van der Waals surface area contributed by atoms with Crippen LogP contribution in [0.2, 0.25) is 0 Å². The molecule has 0 N–H and O–H groups in total. The zero-order valence-corrected chi connectivity index (χ0v) is 8.50. The van der Waals surface area contributed by atoms with E-state index in [4.69, 9.17) is 0 Å². The van der Waals surface area contributed by atoms with E-state index in [1.807, 2.05) is 6.92 Å². The van der Waals surface area contributed by atoms with Crippen LogP contribution in [0.25, 0.3) is 0 Å². The molecule has 1 rings (SSSR count). The van der Waals surface area contributed by atoms with Crippen molar-refractivity contribution in [2.45, 2.75) is 33.1 Å². The first-order chi connectivity index (χ1) is 6.57. The molecule has 0 saturated heterocycles. The molecule has 0 bridgehead atoms.